The summed E-state index contributed by atoms with van der Waals surface area (Å²) >= 11 is 2.12. The summed E-state index contributed by atoms with van der Waals surface area (Å²) in [6.45, 7) is 7.71. The monoisotopic (exact) mass is 417 g/mol. The van der Waals surface area contributed by atoms with Crippen LogP contribution in [0.15, 0.2) is 24.3 Å². The van der Waals surface area contributed by atoms with Gasteiger partial charge in [-0.25, -0.2) is 0 Å². The zero-order chi connectivity index (χ0) is 16.5. The van der Waals surface area contributed by atoms with Crippen molar-refractivity contribution in [2.24, 2.45) is 0 Å². The third-order valence-corrected chi connectivity index (χ3v) is 4.81. The molecule has 0 radical (unpaired) electrons. The number of hydrogen-bond acceptors (Lipinski definition) is 5. The molecule has 1 saturated heterocycles. The molecule has 0 saturated carbocycles. The maximum atomic E-state index is 12.2. The van der Waals surface area contributed by atoms with Gasteiger partial charge in [-0.1, -0.05) is 34.7 Å². The Kier molecular flexibility index (Phi) is 4.81. The molecular weight excluding hydrogens is 397 g/mol. The third-order valence-electron chi connectivity index (χ3n) is 3.62. The van der Waals surface area contributed by atoms with Crippen LogP contribution in [0.2, 0.25) is 0 Å². The Morgan fingerprint density at radius 2 is 1.77 bits per heavy atom. The second-order valence-corrected chi connectivity index (χ2v) is 8.30. The number of carbonyl (C=O) groups is 2. The summed E-state index contributed by atoms with van der Waals surface area (Å²) in [5, 5.41) is 3.13. The molecule has 1 aromatic rings. The fourth-order valence-electron chi connectivity index (χ4n) is 2.13. The number of alkyl halides is 1. The molecule has 2 unspecified atom stereocenters. The first-order chi connectivity index (χ1) is 10.1. The zero-order valence-electron chi connectivity index (χ0n) is 13.1. The van der Waals surface area contributed by atoms with E-state index in [1.165, 1.54) is 6.92 Å². The van der Waals surface area contributed by atoms with Crippen LogP contribution in [0.1, 0.15) is 33.3 Å². The molecule has 120 valence electrons. The summed E-state index contributed by atoms with van der Waals surface area (Å²) in [4.78, 5) is 23.3. The van der Waals surface area contributed by atoms with Crippen molar-refractivity contribution in [3.63, 3.8) is 0 Å². The summed E-state index contributed by atoms with van der Waals surface area (Å²) in [7, 11) is 0. The van der Waals surface area contributed by atoms with Crippen molar-refractivity contribution in [3.8, 4) is 5.75 Å². The maximum Gasteiger partial charge on any atom is 0.328 e. The van der Waals surface area contributed by atoms with Crippen LogP contribution in [0.25, 0.3) is 0 Å². The molecule has 6 heteroatoms. The van der Waals surface area contributed by atoms with E-state index in [4.69, 9.17) is 9.47 Å². The predicted molar refractivity (Wildman–Crippen MR) is 91.1 cm³/mol. The van der Waals surface area contributed by atoms with Crippen molar-refractivity contribution >= 4 is 34.5 Å². The van der Waals surface area contributed by atoms with Gasteiger partial charge in [0.2, 0.25) is 0 Å². The minimum absolute atomic E-state index is 0.169. The third kappa shape index (κ3) is 3.98. The molecule has 1 fully saturated rings. The van der Waals surface area contributed by atoms with Crippen molar-refractivity contribution in [2.75, 3.05) is 6.54 Å². The molecule has 2 rings (SSSR count). The van der Waals surface area contributed by atoms with Gasteiger partial charge in [-0.15, -0.1) is 0 Å². The van der Waals surface area contributed by atoms with Gasteiger partial charge in [-0.05, 0) is 38.5 Å². The van der Waals surface area contributed by atoms with Crippen molar-refractivity contribution in [1.82, 2.24) is 5.32 Å². The molecule has 1 aliphatic rings. The number of ether oxygens (including phenoxy) is 2. The molecule has 5 nitrogen and oxygen atoms in total. The van der Waals surface area contributed by atoms with Crippen LogP contribution in [0.5, 0.6) is 5.75 Å². The van der Waals surface area contributed by atoms with Crippen molar-refractivity contribution in [3.05, 3.63) is 29.8 Å². The Bertz CT molecular complexity index is 576. The number of esters is 2. The largest absolute Gasteiger partial charge is 0.455 e. The lowest BCUT2D eigenvalue weighted by atomic mass is 9.98. The first-order valence-corrected chi connectivity index (χ1v) is 8.15. The topological polar surface area (TPSA) is 74.5 Å². The molecule has 1 N–H and O–H groups in total. The van der Waals surface area contributed by atoms with Gasteiger partial charge >= 0.3 is 11.9 Å². The molecule has 0 spiro atoms. The van der Waals surface area contributed by atoms with Crippen LogP contribution in [0.4, 0.5) is 0 Å². The number of nitrogens with one attached hydrogen (secondary N) is 1. The fraction of sp³-hybridized carbons (Fsp3) is 0.500. The number of benzene rings is 1. The van der Waals surface area contributed by atoms with E-state index in [0.717, 1.165) is 12.1 Å². The van der Waals surface area contributed by atoms with Crippen LogP contribution in [0.3, 0.4) is 0 Å². The summed E-state index contributed by atoms with van der Waals surface area (Å²) in [5.74, 6) is -0.121. The lowest BCUT2D eigenvalue weighted by Crippen LogP contribution is -2.39. The average molecular weight is 417 g/mol. The highest BCUT2D eigenvalue weighted by atomic mass is 127. The second kappa shape index (κ2) is 6.16. The van der Waals surface area contributed by atoms with Gasteiger partial charge in [-0.2, -0.15) is 0 Å². The maximum absolute atomic E-state index is 12.2. The highest BCUT2D eigenvalue weighted by molar-refractivity contribution is 14.1. The number of halogens is 1. The van der Waals surface area contributed by atoms with E-state index >= 15 is 0 Å². The highest BCUT2D eigenvalue weighted by Gasteiger charge is 2.46. The van der Waals surface area contributed by atoms with E-state index in [1.54, 1.807) is 24.3 Å². The summed E-state index contributed by atoms with van der Waals surface area (Å²) < 4.78 is 10.1. The average Bonchev–Trinajstić information content (AvgIpc) is 3.22. The van der Waals surface area contributed by atoms with Crippen molar-refractivity contribution < 1.29 is 19.1 Å². The van der Waals surface area contributed by atoms with Crippen LogP contribution in [-0.2, 0) is 19.9 Å². The van der Waals surface area contributed by atoms with Gasteiger partial charge in [-0.3, -0.25) is 9.59 Å². The molecule has 22 heavy (non-hydrogen) atoms. The van der Waals surface area contributed by atoms with Crippen LogP contribution in [-0.4, -0.2) is 27.9 Å². The quantitative estimate of drug-likeness (QED) is 0.262. The molecule has 1 heterocycles. The molecule has 0 aromatic heterocycles. The predicted octanol–water partition coefficient (Wildman–Crippen LogP) is 2.56. The van der Waals surface area contributed by atoms with E-state index in [0.29, 0.717) is 5.75 Å². The molecular formula is C16H20INO4. The minimum Gasteiger partial charge on any atom is -0.455 e. The standard InChI is InChI=1S/C16H20INO4/c1-10(19)22-15(2,3)11-5-7-12(8-6-11)21-14(20)16(4,17)13-9-18-13/h5-8,13,18H,9H2,1-4H3. The highest BCUT2D eigenvalue weighted by Crippen LogP contribution is 2.31. The lowest BCUT2D eigenvalue weighted by Gasteiger charge is -2.25. The molecule has 1 aliphatic heterocycles. The zero-order valence-corrected chi connectivity index (χ0v) is 15.3. The summed E-state index contributed by atoms with van der Waals surface area (Å²) in [5.41, 5.74) is 0.118. The van der Waals surface area contributed by atoms with Crippen molar-refractivity contribution in [1.29, 1.82) is 0 Å². The summed E-state index contributed by atoms with van der Waals surface area (Å²) in [6.07, 6.45) is 0. The van der Waals surface area contributed by atoms with E-state index in [9.17, 15) is 9.59 Å². The molecule has 1 aromatic carbocycles. The van der Waals surface area contributed by atoms with Gasteiger partial charge in [0.15, 0.2) is 0 Å². The van der Waals surface area contributed by atoms with Gasteiger partial charge in [0.1, 0.15) is 14.8 Å². The Hall–Kier alpha value is -1.15. The summed E-state index contributed by atoms with van der Waals surface area (Å²) in [6, 6.07) is 7.19. The van der Waals surface area contributed by atoms with Gasteiger partial charge < -0.3 is 14.8 Å². The van der Waals surface area contributed by atoms with E-state index < -0.39 is 9.02 Å². The number of rotatable bonds is 5. The Morgan fingerprint density at radius 3 is 2.23 bits per heavy atom. The Labute approximate surface area is 143 Å². The van der Waals surface area contributed by atoms with E-state index in [2.05, 4.69) is 27.9 Å². The van der Waals surface area contributed by atoms with E-state index in [1.807, 2.05) is 20.8 Å². The molecule has 0 bridgehead atoms. The Morgan fingerprint density at radius 1 is 1.23 bits per heavy atom. The lowest BCUT2D eigenvalue weighted by molar-refractivity contribution is -0.154. The first kappa shape index (κ1) is 17.2. The minimum atomic E-state index is -0.718. The smallest absolute Gasteiger partial charge is 0.328 e. The molecule has 2 atom stereocenters. The normalized spacial score (nSPS) is 20.0. The fourth-order valence-corrected chi connectivity index (χ4v) is 2.68. The van der Waals surface area contributed by atoms with E-state index in [-0.39, 0.29) is 18.0 Å². The number of hydrogen-bond donors (Lipinski definition) is 1. The first-order valence-electron chi connectivity index (χ1n) is 7.07. The SMILES string of the molecule is CC(=O)OC(C)(C)c1ccc(OC(=O)C(C)(I)C2CN2)cc1. The second-order valence-electron chi connectivity index (χ2n) is 6.05. The Balaban J connectivity index is 2.06. The number of carbonyl (C=O) groups excluding carboxylic acids is 2. The molecule has 0 amide bonds. The van der Waals surface area contributed by atoms with Crippen molar-refractivity contribution in [2.45, 2.75) is 42.8 Å². The van der Waals surface area contributed by atoms with Gasteiger partial charge in [0.25, 0.3) is 0 Å². The molecule has 0 aliphatic carbocycles. The van der Waals surface area contributed by atoms with Crippen LogP contribution < -0.4 is 10.1 Å². The van der Waals surface area contributed by atoms with Gasteiger partial charge in [0.05, 0.1) is 0 Å². The van der Waals surface area contributed by atoms with Crippen LogP contribution >= 0.6 is 22.6 Å². The van der Waals surface area contributed by atoms with Crippen LogP contribution in [0, 0.1) is 0 Å². The van der Waals surface area contributed by atoms with Gasteiger partial charge in [0, 0.05) is 19.5 Å².